The maximum absolute atomic E-state index is 11.3. The molecule has 0 bridgehead atoms. The summed E-state index contributed by atoms with van der Waals surface area (Å²) in [4.78, 5) is 13.7. The molecule has 1 heterocycles. The highest BCUT2D eigenvalue weighted by molar-refractivity contribution is 5.70. The van der Waals surface area contributed by atoms with Crippen molar-refractivity contribution in [3.63, 3.8) is 0 Å². The molecule has 1 fully saturated rings. The van der Waals surface area contributed by atoms with Crippen LogP contribution in [0.4, 0.5) is 0 Å². The Morgan fingerprint density at radius 2 is 1.93 bits per heavy atom. The number of carbonyl (C=O) groups excluding carboxylic acids is 1. The molecule has 0 N–H and O–H groups in total. The van der Waals surface area contributed by atoms with Gasteiger partial charge in [-0.15, -0.1) is 0 Å². The Balaban J connectivity index is 2.35. The van der Waals surface area contributed by atoms with Crippen LogP contribution in [0.1, 0.15) is 34.1 Å². The second-order valence-corrected chi connectivity index (χ2v) is 4.77. The maximum atomic E-state index is 11.3. The number of esters is 1. The van der Waals surface area contributed by atoms with Gasteiger partial charge in [-0.3, -0.25) is 9.69 Å². The van der Waals surface area contributed by atoms with E-state index in [1.165, 1.54) is 0 Å². The summed E-state index contributed by atoms with van der Waals surface area (Å²) in [7, 11) is 0. The van der Waals surface area contributed by atoms with Gasteiger partial charge >= 0.3 is 5.97 Å². The van der Waals surface area contributed by atoms with Gasteiger partial charge in [0.25, 0.3) is 0 Å². The predicted octanol–water partition coefficient (Wildman–Crippen LogP) is 1.92. The molecule has 0 spiro atoms. The van der Waals surface area contributed by atoms with E-state index >= 15 is 0 Å². The van der Waals surface area contributed by atoms with Crippen molar-refractivity contribution < 1.29 is 9.53 Å². The molecule has 0 saturated carbocycles. The number of likely N-dealkylation sites (tertiary alicyclic amines) is 1. The van der Waals surface area contributed by atoms with Gasteiger partial charge in [-0.25, -0.2) is 0 Å². The third-order valence-electron chi connectivity index (χ3n) is 3.41. The fourth-order valence-corrected chi connectivity index (χ4v) is 2.12. The molecule has 15 heavy (non-hydrogen) atoms. The van der Waals surface area contributed by atoms with Crippen LogP contribution in [0.2, 0.25) is 0 Å². The van der Waals surface area contributed by atoms with Gasteiger partial charge in [0.15, 0.2) is 0 Å². The highest BCUT2D eigenvalue weighted by Crippen LogP contribution is 2.24. The summed E-state index contributed by atoms with van der Waals surface area (Å²) in [6.45, 7) is 11.2. The van der Waals surface area contributed by atoms with Gasteiger partial charge in [-0.1, -0.05) is 13.8 Å². The zero-order chi connectivity index (χ0) is 11.4. The Labute approximate surface area is 92.8 Å². The van der Waals surface area contributed by atoms with E-state index in [4.69, 9.17) is 4.74 Å². The van der Waals surface area contributed by atoms with Gasteiger partial charge in [0.1, 0.15) is 0 Å². The summed E-state index contributed by atoms with van der Waals surface area (Å²) < 4.78 is 4.96. The molecule has 1 aliphatic rings. The Morgan fingerprint density at radius 1 is 1.40 bits per heavy atom. The molecular formula is C12H23NO2. The molecule has 88 valence electrons. The Hall–Kier alpha value is -0.570. The second kappa shape index (κ2) is 5.50. The molecule has 0 aliphatic carbocycles. The lowest BCUT2D eigenvalue weighted by molar-refractivity contribution is -0.144. The summed E-state index contributed by atoms with van der Waals surface area (Å²) in [5.74, 6) is 1.42. The fourth-order valence-electron chi connectivity index (χ4n) is 2.12. The SMILES string of the molecule is CCOC(=O)CC(C)N1CC(C)C(C)C1. The van der Waals surface area contributed by atoms with Crippen molar-refractivity contribution in [2.24, 2.45) is 11.8 Å². The van der Waals surface area contributed by atoms with Crippen LogP contribution in [-0.2, 0) is 9.53 Å². The number of hydrogen-bond donors (Lipinski definition) is 0. The van der Waals surface area contributed by atoms with E-state index in [-0.39, 0.29) is 5.97 Å². The van der Waals surface area contributed by atoms with Crippen LogP contribution in [0.5, 0.6) is 0 Å². The zero-order valence-electron chi connectivity index (χ0n) is 10.3. The largest absolute Gasteiger partial charge is 0.466 e. The molecule has 0 radical (unpaired) electrons. The molecule has 3 atom stereocenters. The average molecular weight is 213 g/mol. The predicted molar refractivity (Wildman–Crippen MR) is 60.6 cm³/mol. The summed E-state index contributed by atoms with van der Waals surface area (Å²) >= 11 is 0. The van der Waals surface area contributed by atoms with E-state index in [1.807, 2.05) is 6.92 Å². The fraction of sp³-hybridized carbons (Fsp3) is 0.917. The van der Waals surface area contributed by atoms with Crippen LogP contribution in [-0.4, -0.2) is 36.6 Å². The van der Waals surface area contributed by atoms with Gasteiger partial charge < -0.3 is 4.74 Å². The lowest BCUT2D eigenvalue weighted by Crippen LogP contribution is -2.33. The molecule has 3 unspecified atom stereocenters. The van der Waals surface area contributed by atoms with Gasteiger partial charge in [0, 0.05) is 19.1 Å². The number of hydrogen-bond acceptors (Lipinski definition) is 3. The lowest BCUT2D eigenvalue weighted by Gasteiger charge is -2.23. The number of rotatable bonds is 4. The molecule has 3 nitrogen and oxygen atoms in total. The summed E-state index contributed by atoms with van der Waals surface area (Å²) in [6.07, 6.45) is 0.521. The van der Waals surface area contributed by atoms with Crippen molar-refractivity contribution in [1.82, 2.24) is 4.90 Å². The van der Waals surface area contributed by atoms with E-state index in [1.54, 1.807) is 0 Å². The van der Waals surface area contributed by atoms with Crippen molar-refractivity contribution in [2.45, 2.75) is 40.2 Å². The Morgan fingerprint density at radius 3 is 2.40 bits per heavy atom. The van der Waals surface area contributed by atoms with Crippen molar-refractivity contribution >= 4 is 5.97 Å². The zero-order valence-corrected chi connectivity index (χ0v) is 10.3. The standard InChI is InChI=1S/C12H23NO2/c1-5-15-12(14)6-11(4)13-7-9(2)10(3)8-13/h9-11H,5-8H2,1-4H3. The summed E-state index contributed by atoms with van der Waals surface area (Å²) in [5, 5.41) is 0. The highest BCUT2D eigenvalue weighted by atomic mass is 16.5. The Bertz CT molecular complexity index is 208. The Kier molecular flexibility index (Phi) is 4.58. The summed E-state index contributed by atoms with van der Waals surface area (Å²) in [5.41, 5.74) is 0. The minimum atomic E-state index is -0.0720. The maximum Gasteiger partial charge on any atom is 0.307 e. The van der Waals surface area contributed by atoms with E-state index in [2.05, 4.69) is 25.7 Å². The van der Waals surface area contributed by atoms with Crippen LogP contribution in [0.25, 0.3) is 0 Å². The van der Waals surface area contributed by atoms with Crippen molar-refractivity contribution in [3.05, 3.63) is 0 Å². The minimum Gasteiger partial charge on any atom is -0.466 e. The normalized spacial score (nSPS) is 29.1. The van der Waals surface area contributed by atoms with Crippen molar-refractivity contribution in [3.8, 4) is 0 Å². The molecular weight excluding hydrogens is 190 g/mol. The molecule has 1 rings (SSSR count). The minimum absolute atomic E-state index is 0.0720. The van der Waals surface area contributed by atoms with Crippen molar-refractivity contribution in [1.29, 1.82) is 0 Å². The van der Waals surface area contributed by atoms with Crippen LogP contribution in [0.15, 0.2) is 0 Å². The molecule has 1 saturated heterocycles. The molecule has 0 amide bonds. The number of carbonyl (C=O) groups is 1. The van der Waals surface area contributed by atoms with Crippen LogP contribution in [0, 0.1) is 11.8 Å². The first-order chi connectivity index (χ1) is 7.04. The molecule has 0 aromatic heterocycles. The first-order valence-electron chi connectivity index (χ1n) is 5.94. The van der Waals surface area contributed by atoms with Gasteiger partial charge in [0.05, 0.1) is 13.0 Å². The average Bonchev–Trinajstić information content (AvgIpc) is 2.47. The highest BCUT2D eigenvalue weighted by Gasteiger charge is 2.29. The smallest absolute Gasteiger partial charge is 0.307 e. The van der Waals surface area contributed by atoms with Crippen LogP contribution < -0.4 is 0 Å². The molecule has 1 aliphatic heterocycles. The monoisotopic (exact) mass is 213 g/mol. The summed E-state index contributed by atoms with van der Waals surface area (Å²) in [6, 6.07) is 0.316. The number of ether oxygens (including phenoxy) is 1. The quantitative estimate of drug-likeness (QED) is 0.668. The van der Waals surface area contributed by atoms with Crippen molar-refractivity contribution in [2.75, 3.05) is 19.7 Å². The van der Waals surface area contributed by atoms with Gasteiger partial charge in [-0.05, 0) is 25.7 Å². The first-order valence-corrected chi connectivity index (χ1v) is 5.94. The first kappa shape index (κ1) is 12.5. The van der Waals surface area contributed by atoms with E-state index in [0.29, 0.717) is 19.1 Å². The van der Waals surface area contributed by atoms with Gasteiger partial charge in [-0.2, -0.15) is 0 Å². The lowest BCUT2D eigenvalue weighted by atomic mass is 10.0. The second-order valence-electron chi connectivity index (χ2n) is 4.77. The molecule has 0 aromatic carbocycles. The van der Waals surface area contributed by atoms with E-state index in [9.17, 15) is 4.79 Å². The van der Waals surface area contributed by atoms with Crippen LogP contribution in [0.3, 0.4) is 0 Å². The van der Waals surface area contributed by atoms with Gasteiger partial charge in [0.2, 0.25) is 0 Å². The molecule has 0 aromatic rings. The van der Waals surface area contributed by atoms with Crippen LogP contribution >= 0.6 is 0 Å². The number of nitrogens with zero attached hydrogens (tertiary/aromatic N) is 1. The topological polar surface area (TPSA) is 29.5 Å². The van der Waals surface area contributed by atoms with E-state index < -0.39 is 0 Å². The third kappa shape index (κ3) is 3.49. The van der Waals surface area contributed by atoms with E-state index in [0.717, 1.165) is 24.9 Å². The third-order valence-corrected chi connectivity index (χ3v) is 3.41. The molecule has 3 heteroatoms.